The zero-order valence-corrected chi connectivity index (χ0v) is 14.9. The largest absolute Gasteiger partial charge is 0.339 e. The highest BCUT2D eigenvalue weighted by atomic mass is 16.5. The number of carbonyl (C=O) groups excluding carboxylic acids is 1. The van der Waals surface area contributed by atoms with Crippen molar-refractivity contribution < 1.29 is 9.32 Å². The first-order valence-corrected chi connectivity index (χ1v) is 9.27. The van der Waals surface area contributed by atoms with E-state index in [1.54, 1.807) is 6.20 Å². The Hall–Kier alpha value is -2.18. The second kappa shape index (κ2) is 6.61. The number of carbonyl (C=O) groups is 1. The summed E-state index contributed by atoms with van der Waals surface area (Å²) in [4.78, 5) is 19.2. The molecule has 1 amide bonds. The summed E-state index contributed by atoms with van der Waals surface area (Å²) >= 11 is 0. The minimum absolute atomic E-state index is 0.0679. The summed E-state index contributed by atoms with van der Waals surface area (Å²) < 4.78 is 7.34. The van der Waals surface area contributed by atoms with Crippen molar-refractivity contribution in [3.05, 3.63) is 29.2 Å². The standard InChI is InChI=1S/C18H25N5O2/c1-12-16(10-19-23(12)15-6-4-3-5-7-15)18(24)22-9-8-14(11-22)17-20-13(2)21-25-17/h10,14-15H,3-9,11H2,1-2H3/t14-/m0/s1. The van der Waals surface area contributed by atoms with Crippen molar-refractivity contribution in [3.8, 4) is 0 Å². The van der Waals surface area contributed by atoms with Gasteiger partial charge < -0.3 is 9.42 Å². The van der Waals surface area contributed by atoms with E-state index in [9.17, 15) is 4.79 Å². The molecule has 1 aliphatic heterocycles. The molecule has 2 fully saturated rings. The molecule has 0 N–H and O–H groups in total. The second-order valence-electron chi connectivity index (χ2n) is 7.30. The van der Waals surface area contributed by atoms with Crippen molar-refractivity contribution in [1.29, 1.82) is 0 Å². The van der Waals surface area contributed by atoms with Crippen molar-refractivity contribution >= 4 is 5.91 Å². The van der Waals surface area contributed by atoms with Crippen molar-refractivity contribution in [2.24, 2.45) is 0 Å². The van der Waals surface area contributed by atoms with Crippen LogP contribution in [0, 0.1) is 13.8 Å². The Morgan fingerprint density at radius 2 is 2.00 bits per heavy atom. The molecule has 4 rings (SSSR count). The molecular formula is C18H25N5O2. The molecule has 2 aliphatic rings. The minimum Gasteiger partial charge on any atom is -0.339 e. The van der Waals surface area contributed by atoms with Gasteiger partial charge in [0, 0.05) is 18.8 Å². The molecule has 3 heterocycles. The Kier molecular flexibility index (Phi) is 4.31. The first-order valence-electron chi connectivity index (χ1n) is 9.27. The van der Waals surface area contributed by atoms with Crippen LogP contribution in [0.5, 0.6) is 0 Å². The Bertz CT molecular complexity index is 759. The maximum atomic E-state index is 13.0. The van der Waals surface area contributed by atoms with Gasteiger partial charge in [0.2, 0.25) is 5.89 Å². The number of amides is 1. The van der Waals surface area contributed by atoms with E-state index in [-0.39, 0.29) is 11.8 Å². The summed E-state index contributed by atoms with van der Waals surface area (Å²) in [6.45, 7) is 5.19. The highest BCUT2D eigenvalue weighted by Crippen LogP contribution is 2.31. The molecule has 2 aromatic heterocycles. The number of aryl methyl sites for hydroxylation is 1. The molecule has 1 atom stereocenters. The summed E-state index contributed by atoms with van der Waals surface area (Å²) in [5.74, 6) is 1.49. The van der Waals surface area contributed by atoms with Crippen LogP contribution >= 0.6 is 0 Å². The molecule has 7 heteroatoms. The van der Waals surface area contributed by atoms with Gasteiger partial charge in [0.15, 0.2) is 5.82 Å². The van der Waals surface area contributed by atoms with Gasteiger partial charge in [-0.05, 0) is 33.1 Å². The second-order valence-corrected chi connectivity index (χ2v) is 7.30. The molecule has 1 saturated carbocycles. The number of rotatable bonds is 3. The number of hydrogen-bond acceptors (Lipinski definition) is 5. The minimum atomic E-state index is 0.0679. The lowest BCUT2D eigenvalue weighted by molar-refractivity contribution is 0.0788. The molecule has 134 valence electrons. The average Bonchev–Trinajstić information content (AvgIpc) is 3.34. The van der Waals surface area contributed by atoms with E-state index in [2.05, 4.69) is 19.9 Å². The fourth-order valence-electron chi connectivity index (χ4n) is 4.12. The molecule has 0 radical (unpaired) electrons. The highest BCUT2D eigenvalue weighted by molar-refractivity contribution is 5.95. The van der Waals surface area contributed by atoms with Gasteiger partial charge >= 0.3 is 0 Å². The van der Waals surface area contributed by atoms with Crippen molar-refractivity contribution in [3.63, 3.8) is 0 Å². The summed E-state index contributed by atoms with van der Waals surface area (Å²) in [5.41, 5.74) is 1.72. The molecule has 7 nitrogen and oxygen atoms in total. The van der Waals surface area contributed by atoms with Crippen LogP contribution < -0.4 is 0 Å². The zero-order chi connectivity index (χ0) is 17.4. The SMILES string of the molecule is Cc1noc([C@H]2CCN(C(=O)c3cnn(C4CCCCC4)c3C)C2)n1. The van der Waals surface area contributed by atoms with E-state index in [1.807, 2.05) is 18.7 Å². The lowest BCUT2D eigenvalue weighted by Crippen LogP contribution is -2.29. The van der Waals surface area contributed by atoms with Crippen molar-refractivity contribution in [2.75, 3.05) is 13.1 Å². The Labute approximate surface area is 147 Å². The lowest BCUT2D eigenvalue weighted by Gasteiger charge is -2.23. The Morgan fingerprint density at radius 3 is 2.72 bits per heavy atom. The molecule has 25 heavy (non-hydrogen) atoms. The van der Waals surface area contributed by atoms with E-state index in [0.717, 1.165) is 24.2 Å². The Morgan fingerprint density at radius 1 is 1.20 bits per heavy atom. The predicted molar refractivity (Wildman–Crippen MR) is 91.4 cm³/mol. The van der Waals surface area contributed by atoms with Crippen molar-refractivity contribution in [2.45, 2.75) is 64.3 Å². The van der Waals surface area contributed by atoms with Gasteiger partial charge in [-0.2, -0.15) is 10.1 Å². The third-order valence-corrected chi connectivity index (χ3v) is 5.56. The van der Waals surface area contributed by atoms with Crippen LogP contribution in [0.15, 0.2) is 10.7 Å². The van der Waals surface area contributed by atoms with Crippen LogP contribution in [0.25, 0.3) is 0 Å². The summed E-state index contributed by atoms with van der Waals surface area (Å²) in [7, 11) is 0. The summed E-state index contributed by atoms with van der Waals surface area (Å²) in [5, 5.41) is 8.40. The average molecular weight is 343 g/mol. The third kappa shape index (κ3) is 3.07. The van der Waals surface area contributed by atoms with E-state index >= 15 is 0 Å². The highest BCUT2D eigenvalue weighted by Gasteiger charge is 2.33. The number of nitrogens with zero attached hydrogens (tertiary/aromatic N) is 5. The summed E-state index contributed by atoms with van der Waals surface area (Å²) in [6, 6.07) is 0.447. The van der Waals surface area contributed by atoms with Gasteiger partial charge in [0.1, 0.15) is 0 Å². The third-order valence-electron chi connectivity index (χ3n) is 5.56. The van der Waals surface area contributed by atoms with Gasteiger partial charge in [-0.3, -0.25) is 9.48 Å². The number of likely N-dealkylation sites (tertiary alicyclic amines) is 1. The van der Waals surface area contributed by atoms with Crippen LogP contribution in [-0.4, -0.2) is 43.8 Å². The molecular weight excluding hydrogens is 318 g/mol. The van der Waals surface area contributed by atoms with E-state index in [1.165, 1.54) is 32.1 Å². The first-order chi connectivity index (χ1) is 12.1. The maximum Gasteiger partial charge on any atom is 0.257 e. The molecule has 1 aliphatic carbocycles. The zero-order valence-electron chi connectivity index (χ0n) is 14.9. The van der Waals surface area contributed by atoms with Crippen LogP contribution in [-0.2, 0) is 0 Å². The lowest BCUT2D eigenvalue weighted by atomic mass is 9.95. The smallest absolute Gasteiger partial charge is 0.257 e. The van der Waals surface area contributed by atoms with E-state index in [4.69, 9.17) is 4.52 Å². The predicted octanol–water partition coefficient (Wildman–Crippen LogP) is 3.02. The van der Waals surface area contributed by atoms with Gasteiger partial charge in [-0.1, -0.05) is 24.4 Å². The van der Waals surface area contributed by atoms with Gasteiger partial charge in [-0.25, -0.2) is 0 Å². The topological polar surface area (TPSA) is 77.0 Å². The van der Waals surface area contributed by atoms with E-state index < -0.39 is 0 Å². The first kappa shape index (κ1) is 16.3. The fourth-order valence-corrected chi connectivity index (χ4v) is 4.12. The molecule has 0 aromatic carbocycles. The van der Waals surface area contributed by atoms with Gasteiger partial charge in [-0.15, -0.1) is 0 Å². The molecule has 1 saturated heterocycles. The van der Waals surface area contributed by atoms with Crippen LogP contribution in [0.2, 0.25) is 0 Å². The number of hydrogen-bond donors (Lipinski definition) is 0. The van der Waals surface area contributed by atoms with E-state index in [0.29, 0.717) is 24.3 Å². The fraction of sp³-hybridized carbons (Fsp3) is 0.667. The van der Waals surface area contributed by atoms with Crippen LogP contribution in [0.4, 0.5) is 0 Å². The molecule has 0 bridgehead atoms. The maximum absolute atomic E-state index is 13.0. The molecule has 0 unspecified atom stereocenters. The quantitative estimate of drug-likeness (QED) is 0.856. The summed E-state index contributed by atoms with van der Waals surface area (Å²) in [6.07, 6.45) is 8.76. The normalized spacial score (nSPS) is 21.8. The monoisotopic (exact) mass is 343 g/mol. The van der Waals surface area contributed by atoms with Crippen LogP contribution in [0.1, 0.15) is 78.3 Å². The van der Waals surface area contributed by atoms with Crippen LogP contribution in [0.3, 0.4) is 0 Å². The van der Waals surface area contributed by atoms with Gasteiger partial charge in [0.05, 0.1) is 23.7 Å². The molecule has 2 aromatic rings. The van der Waals surface area contributed by atoms with Crippen molar-refractivity contribution in [1.82, 2.24) is 24.8 Å². The number of aromatic nitrogens is 4. The Balaban J connectivity index is 1.47. The van der Waals surface area contributed by atoms with Gasteiger partial charge in [0.25, 0.3) is 5.91 Å². The molecule has 0 spiro atoms.